The van der Waals surface area contributed by atoms with Gasteiger partial charge in [0.05, 0.1) is 12.2 Å². The average molecular weight is 364 g/mol. The summed E-state index contributed by atoms with van der Waals surface area (Å²) in [6, 6.07) is -0.0374. The smallest absolute Gasteiger partial charge is 0.435 e. The second-order valence-corrected chi connectivity index (χ2v) is 6.69. The van der Waals surface area contributed by atoms with Gasteiger partial charge >= 0.3 is 6.09 Å². The van der Waals surface area contributed by atoms with Crippen LogP contribution in [-0.2, 0) is 4.74 Å². The van der Waals surface area contributed by atoms with Gasteiger partial charge in [-0.05, 0) is 38.8 Å². The van der Waals surface area contributed by atoms with Crippen LogP contribution >= 0.6 is 11.8 Å². The highest BCUT2D eigenvalue weighted by molar-refractivity contribution is 6.14. The van der Waals surface area contributed by atoms with Gasteiger partial charge in [-0.3, -0.25) is 4.99 Å². The minimum Gasteiger partial charge on any atom is -0.442 e. The number of carbonyl (C=O) groups is 1. The molecule has 0 bridgehead atoms. The molecule has 134 valence electrons. The summed E-state index contributed by atoms with van der Waals surface area (Å²) < 4.78 is 6.48. The number of hydrogen-bond acceptors (Lipinski definition) is 5. The molecule has 0 amide bonds. The Morgan fingerprint density at radius 1 is 1.56 bits per heavy atom. The highest BCUT2D eigenvalue weighted by Gasteiger charge is 2.19. The molecule has 1 unspecified atom stereocenters. The number of nitrogens with one attached hydrogen (secondary N) is 1. The molecular formula is C17H22ClN5O2. The molecule has 0 saturated heterocycles. The minimum absolute atomic E-state index is 0.0374. The molecule has 0 saturated carbocycles. The molecule has 0 aromatic carbocycles. The topological polar surface area (TPSA) is 94.5 Å². The van der Waals surface area contributed by atoms with Crippen molar-refractivity contribution in [3.8, 4) is 0 Å². The third-order valence-corrected chi connectivity index (χ3v) is 3.33. The van der Waals surface area contributed by atoms with Crippen molar-refractivity contribution in [2.75, 3.05) is 0 Å². The van der Waals surface area contributed by atoms with Crippen molar-refractivity contribution < 1.29 is 9.53 Å². The van der Waals surface area contributed by atoms with E-state index in [1.54, 1.807) is 18.5 Å². The lowest BCUT2D eigenvalue weighted by Gasteiger charge is -2.18. The fraction of sp³-hybridized carbons (Fsp3) is 0.353. The van der Waals surface area contributed by atoms with Crippen LogP contribution in [0.5, 0.6) is 0 Å². The lowest BCUT2D eigenvalue weighted by atomic mass is 10.00. The van der Waals surface area contributed by atoms with Crippen LogP contribution in [0.1, 0.15) is 32.8 Å². The van der Waals surface area contributed by atoms with E-state index in [1.165, 1.54) is 10.9 Å². The number of hydrogen-bond donors (Lipinski definition) is 2. The van der Waals surface area contributed by atoms with Crippen molar-refractivity contribution in [3.63, 3.8) is 0 Å². The van der Waals surface area contributed by atoms with Gasteiger partial charge in [0.2, 0.25) is 0 Å². The molecular weight excluding hydrogens is 342 g/mol. The molecule has 1 heterocycles. The Morgan fingerprint density at radius 3 is 2.92 bits per heavy atom. The lowest BCUT2D eigenvalue weighted by Crippen LogP contribution is -2.27. The van der Waals surface area contributed by atoms with Crippen LogP contribution < -0.4 is 10.6 Å². The maximum atomic E-state index is 12.0. The summed E-state index contributed by atoms with van der Waals surface area (Å²) in [7, 11) is 0. The number of aliphatic imine (C=N–C) groups is 1. The van der Waals surface area contributed by atoms with E-state index in [1.807, 2.05) is 39.0 Å². The highest BCUT2D eigenvalue weighted by atomic mass is 35.5. The predicted octanol–water partition coefficient (Wildman–Crippen LogP) is 2.99. The molecule has 0 aliphatic heterocycles. The van der Waals surface area contributed by atoms with Crippen LogP contribution in [0.3, 0.4) is 0 Å². The van der Waals surface area contributed by atoms with Crippen LogP contribution in [-0.4, -0.2) is 33.4 Å². The van der Waals surface area contributed by atoms with Gasteiger partial charge in [0, 0.05) is 29.7 Å². The number of rotatable bonds is 4. The number of halogens is 1. The second kappa shape index (κ2) is 8.02. The number of aromatic nitrogens is 2. The zero-order chi connectivity index (χ0) is 18.4. The fourth-order valence-corrected chi connectivity index (χ4v) is 2.21. The van der Waals surface area contributed by atoms with Crippen molar-refractivity contribution in [1.29, 1.82) is 0 Å². The quantitative estimate of drug-likeness (QED) is 0.487. The van der Waals surface area contributed by atoms with E-state index >= 15 is 0 Å². The SMILES string of the molecule is CC(C)(C)OC(=O)n1cc(C2=CCC(N=C(N)/C=C\NCl)C=C2)cn1. The first-order chi connectivity index (χ1) is 11.8. The minimum atomic E-state index is -0.564. The molecule has 1 atom stereocenters. The van der Waals surface area contributed by atoms with Crippen LogP contribution in [0.4, 0.5) is 4.79 Å². The molecule has 0 radical (unpaired) electrons. The monoisotopic (exact) mass is 363 g/mol. The average Bonchev–Trinajstić information content (AvgIpc) is 3.02. The maximum Gasteiger partial charge on any atom is 0.435 e. The van der Waals surface area contributed by atoms with Gasteiger partial charge in [0.25, 0.3) is 0 Å². The lowest BCUT2D eigenvalue weighted by molar-refractivity contribution is 0.0514. The van der Waals surface area contributed by atoms with Crippen molar-refractivity contribution >= 4 is 29.3 Å². The summed E-state index contributed by atoms with van der Waals surface area (Å²) in [5.41, 5.74) is 7.01. The Hall–Kier alpha value is -2.54. The summed E-state index contributed by atoms with van der Waals surface area (Å²) in [6.07, 6.45) is 12.5. The fourth-order valence-electron chi connectivity index (χ4n) is 2.15. The van der Waals surface area contributed by atoms with Gasteiger partial charge in [-0.15, -0.1) is 0 Å². The summed E-state index contributed by atoms with van der Waals surface area (Å²) in [6.45, 7) is 5.44. The molecule has 25 heavy (non-hydrogen) atoms. The van der Waals surface area contributed by atoms with E-state index in [0.717, 1.165) is 11.1 Å². The Labute approximate surface area is 152 Å². The highest BCUT2D eigenvalue weighted by Crippen LogP contribution is 2.22. The molecule has 0 spiro atoms. The van der Waals surface area contributed by atoms with Crippen LogP contribution in [0.2, 0.25) is 0 Å². The first-order valence-corrected chi connectivity index (χ1v) is 8.19. The number of amidine groups is 1. The van der Waals surface area contributed by atoms with Gasteiger partial charge in [-0.1, -0.05) is 18.2 Å². The van der Waals surface area contributed by atoms with Gasteiger partial charge in [0.1, 0.15) is 11.4 Å². The van der Waals surface area contributed by atoms with E-state index in [0.29, 0.717) is 12.3 Å². The molecule has 8 heteroatoms. The molecule has 1 aromatic rings. The van der Waals surface area contributed by atoms with Crippen molar-refractivity contribution in [1.82, 2.24) is 14.6 Å². The number of carbonyl (C=O) groups excluding carboxylic acids is 1. The molecule has 1 aliphatic rings. The summed E-state index contributed by atoms with van der Waals surface area (Å²) in [5.74, 6) is 0.386. The molecule has 1 aliphatic carbocycles. The number of nitrogens with zero attached hydrogens (tertiary/aromatic N) is 3. The van der Waals surface area contributed by atoms with Crippen LogP contribution in [0.15, 0.2) is 47.9 Å². The largest absolute Gasteiger partial charge is 0.442 e. The van der Waals surface area contributed by atoms with Gasteiger partial charge < -0.3 is 15.3 Å². The van der Waals surface area contributed by atoms with Gasteiger partial charge in [-0.2, -0.15) is 9.78 Å². The maximum absolute atomic E-state index is 12.0. The van der Waals surface area contributed by atoms with Gasteiger partial charge in [0.15, 0.2) is 0 Å². The molecule has 2 rings (SSSR count). The summed E-state index contributed by atoms with van der Waals surface area (Å²) >= 11 is 5.32. The Morgan fingerprint density at radius 2 is 2.32 bits per heavy atom. The Bertz CT molecular complexity index is 740. The van der Waals surface area contributed by atoms with Gasteiger partial charge in [-0.25, -0.2) is 4.79 Å². The van der Waals surface area contributed by atoms with Crippen LogP contribution in [0, 0.1) is 0 Å². The predicted molar refractivity (Wildman–Crippen MR) is 99.1 cm³/mol. The van der Waals surface area contributed by atoms with E-state index in [4.69, 9.17) is 22.2 Å². The van der Waals surface area contributed by atoms with Crippen molar-refractivity contribution in [2.24, 2.45) is 10.7 Å². The van der Waals surface area contributed by atoms with E-state index in [-0.39, 0.29) is 6.04 Å². The molecule has 0 fully saturated rings. The van der Waals surface area contributed by atoms with Crippen LogP contribution in [0.25, 0.3) is 5.57 Å². The zero-order valence-corrected chi connectivity index (χ0v) is 15.2. The molecule has 3 N–H and O–H groups in total. The number of allylic oxidation sites excluding steroid dienone is 2. The zero-order valence-electron chi connectivity index (χ0n) is 14.4. The standard InChI is InChI=1S/C17H22ClN5O2/c1-17(2,3)25-16(24)23-11-13(10-21-23)12-4-6-14(7-5-12)22-15(19)8-9-20-18/h4-6,8-11,14,20H,7H2,1-3H3,(H2,19,22)/b9-8-. The molecule has 1 aromatic heterocycles. The third-order valence-electron chi connectivity index (χ3n) is 3.21. The third kappa shape index (κ3) is 5.79. The first kappa shape index (κ1) is 18.8. The van der Waals surface area contributed by atoms with Crippen molar-refractivity contribution in [2.45, 2.75) is 38.8 Å². The second-order valence-electron chi connectivity index (χ2n) is 6.47. The Balaban J connectivity index is 2.02. The van der Waals surface area contributed by atoms with E-state index in [2.05, 4.69) is 14.9 Å². The van der Waals surface area contributed by atoms with Crippen molar-refractivity contribution in [3.05, 3.63) is 48.5 Å². The normalized spacial score (nSPS) is 18.3. The Kier molecular flexibility index (Phi) is 6.03. The molecule has 7 nitrogen and oxygen atoms in total. The van der Waals surface area contributed by atoms with E-state index in [9.17, 15) is 4.79 Å². The first-order valence-electron chi connectivity index (χ1n) is 7.81. The number of ether oxygens (including phenoxy) is 1. The number of nitrogens with two attached hydrogens (primary N) is 1. The van der Waals surface area contributed by atoms with E-state index < -0.39 is 11.7 Å². The summed E-state index contributed by atoms with van der Waals surface area (Å²) in [4.78, 5) is 18.7. The summed E-state index contributed by atoms with van der Waals surface area (Å²) in [5, 5.41) is 4.07.